The lowest BCUT2D eigenvalue weighted by molar-refractivity contribution is -0.347. The van der Waals surface area contributed by atoms with Crippen LogP contribution in [0.15, 0.2) is 48.8 Å². The largest absolute Gasteiger partial charge is 0.491 e. The lowest BCUT2D eigenvalue weighted by atomic mass is 9.30. The Bertz CT molecular complexity index is 1220. The van der Waals surface area contributed by atoms with Crippen molar-refractivity contribution >= 4 is 0 Å². The summed E-state index contributed by atoms with van der Waals surface area (Å²) >= 11 is 0. The molecule has 2 aromatic carbocycles. The van der Waals surface area contributed by atoms with Crippen LogP contribution in [0.5, 0.6) is 5.75 Å². The molecule has 12 heteroatoms. The van der Waals surface area contributed by atoms with Gasteiger partial charge in [0.25, 0.3) is 5.92 Å². The third-order valence-corrected chi connectivity index (χ3v) is 7.49. The third kappa shape index (κ3) is 3.66. The van der Waals surface area contributed by atoms with Crippen molar-refractivity contribution in [2.45, 2.75) is 48.8 Å². The van der Waals surface area contributed by atoms with Crippen molar-refractivity contribution in [3.63, 3.8) is 0 Å². The van der Waals surface area contributed by atoms with Crippen molar-refractivity contribution in [3.05, 3.63) is 71.6 Å². The predicted molar refractivity (Wildman–Crippen MR) is 116 cm³/mol. The summed E-state index contributed by atoms with van der Waals surface area (Å²) in [4.78, 5) is 0. The summed E-state index contributed by atoms with van der Waals surface area (Å²) in [6, 6.07) is 8.95. The van der Waals surface area contributed by atoms with E-state index in [1.165, 1.54) is 0 Å². The Balaban J connectivity index is 1.38. The van der Waals surface area contributed by atoms with E-state index in [1.807, 2.05) is 0 Å². The topological polar surface area (TPSA) is 114 Å². The molecule has 3 aromatic rings. The maximum Gasteiger partial charge on any atom is 0.287 e. The molecule has 3 aliphatic rings. The Kier molecular flexibility index (Phi) is 5.80. The Morgan fingerprint density at radius 3 is 2.36 bits per heavy atom. The highest BCUT2D eigenvalue weighted by atomic mass is 19.3. The molecule has 0 spiro atoms. The van der Waals surface area contributed by atoms with E-state index in [2.05, 4.69) is 15.5 Å². The monoisotopic (exact) mass is 508 g/mol. The number of aliphatic hydroxyl groups excluding tert-OH is 2. The number of nitrogens with zero attached hydrogens (tertiary/aromatic N) is 4. The molecular weight excluding hydrogens is 484 g/mol. The minimum Gasteiger partial charge on any atom is -0.491 e. The van der Waals surface area contributed by atoms with Gasteiger partial charge in [-0.05, 0) is 64.9 Å². The van der Waals surface area contributed by atoms with Crippen LogP contribution in [0.25, 0.3) is 0 Å². The van der Waals surface area contributed by atoms with Gasteiger partial charge in [-0.1, -0.05) is 12.1 Å². The summed E-state index contributed by atoms with van der Waals surface area (Å²) in [5.41, 5.74) is -5.03. The molecule has 0 amide bonds. The van der Waals surface area contributed by atoms with Crippen molar-refractivity contribution in [3.8, 4) is 5.75 Å². The first-order valence-corrected chi connectivity index (χ1v) is 11.3. The van der Waals surface area contributed by atoms with E-state index in [1.54, 1.807) is 24.3 Å². The van der Waals surface area contributed by atoms with E-state index < -0.39 is 58.8 Å². The first-order chi connectivity index (χ1) is 17.0. The number of halogens is 4. The summed E-state index contributed by atoms with van der Waals surface area (Å²) in [7, 11) is 0. The van der Waals surface area contributed by atoms with Crippen LogP contribution in [0.4, 0.5) is 17.6 Å². The minimum atomic E-state index is -3.80. The lowest BCUT2D eigenvalue weighted by Gasteiger charge is -2.74. The molecule has 3 fully saturated rings. The van der Waals surface area contributed by atoms with Gasteiger partial charge in [0.2, 0.25) is 0 Å². The van der Waals surface area contributed by atoms with Gasteiger partial charge in [0.1, 0.15) is 36.4 Å². The molecule has 0 saturated heterocycles. The fourth-order valence-electron chi connectivity index (χ4n) is 5.68. The number of hydrogen-bond donors (Lipinski definition) is 3. The van der Waals surface area contributed by atoms with Crippen LogP contribution in [0, 0.1) is 17.0 Å². The molecule has 3 aliphatic carbocycles. The summed E-state index contributed by atoms with van der Waals surface area (Å²) in [5.74, 6) is -5.57. The molecule has 8 nitrogen and oxygen atoms in total. The summed E-state index contributed by atoms with van der Waals surface area (Å²) in [6.45, 7) is -1.34. The lowest BCUT2D eigenvalue weighted by Crippen LogP contribution is -2.76. The van der Waals surface area contributed by atoms with E-state index >= 15 is 8.78 Å². The second-order valence-corrected chi connectivity index (χ2v) is 9.83. The van der Waals surface area contributed by atoms with Gasteiger partial charge in [0, 0.05) is 17.0 Å². The van der Waals surface area contributed by atoms with Crippen LogP contribution in [0.1, 0.15) is 30.4 Å². The molecule has 0 unspecified atom stereocenters. The molecule has 2 bridgehead atoms. The highest BCUT2D eigenvalue weighted by Gasteiger charge is 2.82. The van der Waals surface area contributed by atoms with Gasteiger partial charge in [-0.25, -0.2) is 22.2 Å². The van der Waals surface area contributed by atoms with Gasteiger partial charge in [-0.3, -0.25) is 0 Å². The standard InChI is InChI=1S/C24H24F4N4O4/c25-16-3-6-19(20(26)7-16)23(35,13-32-14-29-30-31-32)24(27,28)22-10-21(11-22,12-22)15-1-4-18(5-2-15)36-9-17(34)8-33/h1-7,14,17,33-35H,8-13H2/t17-,21?,22?,23-/m0/s1. The van der Waals surface area contributed by atoms with Crippen LogP contribution in [-0.4, -0.2) is 60.8 Å². The average Bonchev–Trinajstić information content (AvgIpc) is 3.29. The number of alkyl halides is 2. The molecule has 0 radical (unpaired) electrons. The third-order valence-electron chi connectivity index (χ3n) is 7.49. The van der Waals surface area contributed by atoms with E-state index in [9.17, 15) is 19.0 Å². The predicted octanol–water partition coefficient (Wildman–Crippen LogP) is 2.33. The van der Waals surface area contributed by atoms with Crippen molar-refractivity contribution in [1.82, 2.24) is 20.2 Å². The van der Waals surface area contributed by atoms with Crippen molar-refractivity contribution < 1.29 is 37.6 Å². The first kappa shape index (κ1) is 24.6. The van der Waals surface area contributed by atoms with E-state index in [-0.39, 0.29) is 25.9 Å². The Morgan fingerprint density at radius 2 is 1.78 bits per heavy atom. The maximum atomic E-state index is 16.2. The number of ether oxygens (including phenoxy) is 1. The maximum absolute atomic E-state index is 16.2. The summed E-state index contributed by atoms with van der Waals surface area (Å²) in [5, 5.41) is 40.0. The van der Waals surface area contributed by atoms with Gasteiger partial charge >= 0.3 is 0 Å². The van der Waals surface area contributed by atoms with Gasteiger partial charge in [-0.15, -0.1) is 5.10 Å². The number of tetrazole rings is 1. The van der Waals surface area contributed by atoms with Crippen LogP contribution >= 0.6 is 0 Å². The number of hydrogen-bond acceptors (Lipinski definition) is 7. The fourth-order valence-corrected chi connectivity index (χ4v) is 5.68. The molecule has 36 heavy (non-hydrogen) atoms. The van der Waals surface area contributed by atoms with Crippen molar-refractivity contribution in [2.75, 3.05) is 13.2 Å². The van der Waals surface area contributed by atoms with Gasteiger partial charge < -0.3 is 20.1 Å². The first-order valence-electron chi connectivity index (χ1n) is 11.3. The van der Waals surface area contributed by atoms with Crippen LogP contribution in [0.3, 0.4) is 0 Å². The molecule has 3 N–H and O–H groups in total. The number of benzene rings is 2. The van der Waals surface area contributed by atoms with Gasteiger partial charge in [-0.2, -0.15) is 0 Å². The molecule has 2 atom stereocenters. The Morgan fingerprint density at radius 1 is 1.08 bits per heavy atom. The van der Waals surface area contributed by atoms with Gasteiger partial charge in [0.15, 0.2) is 5.60 Å². The Hall–Kier alpha value is -3.09. The highest BCUT2D eigenvalue weighted by Crippen LogP contribution is 2.80. The minimum absolute atomic E-state index is 0.0666. The second-order valence-electron chi connectivity index (χ2n) is 9.83. The quantitative estimate of drug-likeness (QED) is 0.360. The number of aliphatic hydroxyl groups is 3. The van der Waals surface area contributed by atoms with Crippen LogP contribution in [-0.2, 0) is 17.6 Å². The zero-order valence-corrected chi connectivity index (χ0v) is 19.0. The van der Waals surface area contributed by atoms with Crippen LogP contribution in [0.2, 0.25) is 0 Å². The zero-order chi connectivity index (χ0) is 25.8. The van der Waals surface area contributed by atoms with Crippen molar-refractivity contribution in [1.29, 1.82) is 0 Å². The summed E-state index contributed by atoms with van der Waals surface area (Å²) < 4.78 is 66.9. The second kappa shape index (κ2) is 8.49. The average molecular weight is 508 g/mol. The van der Waals surface area contributed by atoms with E-state index in [0.717, 1.165) is 28.7 Å². The smallest absolute Gasteiger partial charge is 0.287 e. The normalized spacial score (nSPS) is 25.4. The van der Waals surface area contributed by atoms with Crippen LogP contribution < -0.4 is 4.74 Å². The molecule has 3 saturated carbocycles. The van der Waals surface area contributed by atoms with Crippen molar-refractivity contribution in [2.24, 2.45) is 5.41 Å². The fraction of sp³-hybridized carbons (Fsp3) is 0.458. The molecule has 192 valence electrons. The molecule has 6 rings (SSSR count). The highest BCUT2D eigenvalue weighted by molar-refractivity contribution is 5.44. The molecule has 1 aromatic heterocycles. The molecule has 0 aliphatic heterocycles. The number of rotatable bonds is 10. The summed E-state index contributed by atoms with van der Waals surface area (Å²) in [6.07, 6.45) is 0.225. The van der Waals surface area contributed by atoms with Gasteiger partial charge in [0.05, 0.1) is 13.2 Å². The Labute approximate surface area is 203 Å². The molecular formula is C24H24F4N4O4. The molecule has 1 heterocycles. The zero-order valence-electron chi connectivity index (χ0n) is 19.0. The van der Waals surface area contributed by atoms with E-state index in [4.69, 9.17) is 9.84 Å². The SMILES string of the molecule is OC[C@H](O)COc1ccc(C23CC(C(F)(F)[C@](O)(Cn4cnnn4)c4ccc(F)cc4F)(C2)C3)cc1. The van der Waals surface area contributed by atoms with E-state index in [0.29, 0.717) is 11.8 Å². The number of aromatic nitrogens is 4.